The quantitative estimate of drug-likeness (QED) is 0.230. The molecule has 0 amide bonds. The largest absolute Gasteiger partial charge is 0.481 e. The Hall–Kier alpha value is -3.41. The maximum atomic E-state index is 15.9. The van der Waals surface area contributed by atoms with Crippen LogP contribution >= 0.6 is 22.9 Å². The van der Waals surface area contributed by atoms with Crippen molar-refractivity contribution in [1.82, 2.24) is 25.1 Å². The van der Waals surface area contributed by atoms with E-state index in [-0.39, 0.29) is 41.6 Å². The van der Waals surface area contributed by atoms with Gasteiger partial charge in [0.25, 0.3) is 0 Å². The van der Waals surface area contributed by atoms with Crippen LogP contribution in [0.15, 0.2) is 41.9 Å². The first-order valence-electron chi connectivity index (χ1n) is 12.4. The molecule has 4 aromatic rings. The minimum atomic E-state index is -1.25. The summed E-state index contributed by atoms with van der Waals surface area (Å²) >= 11 is 7.23. The van der Waals surface area contributed by atoms with Gasteiger partial charge in [0.15, 0.2) is 11.6 Å². The maximum absolute atomic E-state index is 15.9. The number of aromatic amines is 1. The van der Waals surface area contributed by atoms with E-state index in [4.69, 9.17) is 11.6 Å². The van der Waals surface area contributed by atoms with E-state index in [1.165, 1.54) is 17.4 Å². The van der Waals surface area contributed by atoms with Gasteiger partial charge in [-0.05, 0) is 45.4 Å². The number of nitrogens with zero attached hydrogens (tertiary/aromatic N) is 4. The van der Waals surface area contributed by atoms with Gasteiger partial charge in [-0.3, -0.25) is 14.8 Å². The zero-order valence-corrected chi connectivity index (χ0v) is 22.9. The predicted molar refractivity (Wildman–Crippen MR) is 146 cm³/mol. The summed E-state index contributed by atoms with van der Waals surface area (Å²) in [5.41, 5.74) is 0.320. The number of aliphatic carboxylic acids is 1. The number of piperidine rings is 1. The fourth-order valence-corrected chi connectivity index (χ4v) is 5.98. The van der Waals surface area contributed by atoms with Crippen LogP contribution in [-0.4, -0.2) is 48.7 Å². The van der Waals surface area contributed by atoms with Crippen molar-refractivity contribution in [3.8, 4) is 10.6 Å². The lowest BCUT2D eigenvalue weighted by atomic mass is 9.72. The number of H-pyrrole nitrogens is 1. The van der Waals surface area contributed by atoms with Crippen molar-refractivity contribution in [2.24, 2.45) is 5.41 Å². The molecule has 39 heavy (non-hydrogen) atoms. The number of carbonyl (C=O) groups is 1. The van der Waals surface area contributed by atoms with E-state index in [2.05, 4.69) is 25.5 Å². The Morgan fingerprint density at radius 1 is 1.31 bits per heavy atom. The van der Waals surface area contributed by atoms with Gasteiger partial charge in [0.05, 0.1) is 21.7 Å². The highest BCUT2D eigenvalue weighted by molar-refractivity contribution is 7.13. The van der Waals surface area contributed by atoms with Crippen molar-refractivity contribution < 1.29 is 18.7 Å². The first-order chi connectivity index (χ1) is 18.6. The van der Waals surface area contributed by atoms with Crippen molar-refractivity contribution in [1.29, 1.82) is 0 Å². The molecular formula is C27H27ClF2N6O2S. The Morgan fingerprint density at radius 3 is 2.79 bits per heavy atom. The lowest BCUT2D eigenvalue weighted by Gasteiger charge is -2.43. The molecule has 5 rings (SSSR count). The molecule has 1 aromatic carbocycles. The van der Waals surface area contributed by atoms with Crippen molar-refractivity contribution in [2.45, 2.75) is 45.7 Å². The summed E-state index contributed by atoms with van der Waals surface area (Å²) in [6, 6.07) is 7.99. The second-order valence-corrected chi connectivity index (χ2v) is 11.3. The van der Waals surface area contributed by atoms with Crippen LogP contribution in [0.3, 0.4) is 0 Å². The van der Waals surface area contributed by atoms with Crippen LogP contribution in [0.5, 0.6) is 0 Å². The van der Waals surface area contributed by atoms with Crippen LogP contribution in [-0.2, 0) is 17.8 Å². The Morgan fingerprint density at radius 2 is 2.13 bits per heavy atom. The van der Waals surface area contributed by atoms with Crippen LogP contribution in [0.25, 0.3) is 10.6 Å². The number of thiazole rings is 1. The number of benzene rings is 1. The number of rotatable bonds is 8. The molecule has 12 heteroatoms. The van der Waals surface area contributed by atoms with Crippen molar-refractivity contribution in [3.05, 3.63) is 75.5 Å². The number of likely N-dealkylation sites (tertiary alicyclic amines) is 1. The minimum absolute atomic E-state index is 0.0430. The molecule has 8 nitrogen and oxygen atoms in total. The average molecular weight is 573 g/mol. The number of aryl methyl sites for hydroxylation is 1. The van der Waals surface area contributed by atoms with Crippen molar-refractivity contribution in [3.63, 3.8) is 0 Å². The molecule has 4 heterocycles. The summed E-state index contributed by atoms with van der Waals surface area (Å²) in [6.45, 7) is 4.45. The molecule has 0 saturated carbocycles. The second-order valence-electron chi connectivity index (χ2n) is 9.96. The van der Waals surface area contributed by atoms with Gasteiger partial charge in [-0.25, -0.2) is 18.7 Å². The highest BCUT2D eigenvalue weighted by Gasteiger charge is 2.45. The molecule has 1 fully saturated rings. The summed E-state index contributed by atoms with van der Waals surface area (Å²) in [5.74, 6) is -1.23. The number of halogens is 3. The normalized spacial score (nSPS) is 19.8. The SMILES string of the molecule is Cc1cc(Nc2cc(-c3nccs3)c(F)c(C[C@@]3(C(=O)O)CCN(Cc4cccc(Cl)c4F)[C@H](C)C3)n2)n[nH]1. The van der Waals surface area contributed by atoms with Gasteiger partial charge in [0.2, 0.25) is 0 Å². The number of hydrogen-bond donors (Lipinski definition) is 3. The van der Waals surface area contributed by atoms with Gasteiger partial charge in [0, 0.05) is 47.9 Å². The molecule has 0 bridgehead atoms. The number of anilines is 2. The van der Waals surface area contributed by atoms with Crippen LogP contribution in [0.1, 0.15) is 36.7 Å². The van der Waals surface area contributed by atoms with Gasteiger partial charge in [0.1, 0.15) is 16.6 Å². The van der Waals surface area contributed by atoms with Crippen LogP contribution in [0.4, 0.5) is 20.4 Å². The lowest BCUT2D eigenvalue weighted by molar-refractivity contribution is -0.153. The molecule has 0 radical (unpaired) electrons. The number of pyridine rings is 1. The molecule has 3 N–H and O–H groups in total. The summed E-state index contributed by atoms with van der Waals surface area (Å²) in [5, 5.41) is 22.7. The number of carboxylic acid groups (broad SMARTS) is 1. The third-order valence-corrected chi connectivity index (χ3v) is 8.30. The summed E-state index contributed by atoms with van der Waals surface area (Å²) in [6.07, 6.45) is 1.97. The number of nitrogens with one attached hydrogen (secondary N) is 2. The molecule has 0 spiro atoms. The highest BCUT2D eigenvalue weighted by atomic mass is 35.5. The van der Waals surface area contributed by atoms with E-state index in [0.717, 1.165) is 5.69 Å². The smallest absolute Gasteiger partial charge is 0.310 e. The van der Waals surface area contributed by atoms with E-state index in [1.54, 1.807) is 35.8 Å². The fraction of sp³-hybridized carbons (Fsp3) is 0.333. The number of hydrogen-bond acceptors (Lipinski definition) is 7. The summed E-state index contributed by atoms with van der Waals surface area (Å²) in [4.78, 5) is 23.5. The first-order valence-corrected chi connectivity index (χ1v) is 13.7. The van der Waals surface area contributed by atoms with E-state index in [0.29, 0.717) is 35.3 Å². The third-order valence-electron chi connectivity index (χ3n) is 7.20. The molecule has 1 saturated heterocycles. The monoisotopic (exact) mass is 572 g/mol. The minimum Gasteiger partial charge on any atom is -0.481 e. The van der Waals surface area contributed by atoms with Gasteiger partial charge in [-0.2, -0.15) is 5.10 Å². The first kappa shape index (κ1) is 27.2. The lowest BCUT2D eigenvalue weighted by Crippen LogP contribution is -2.50. The zero-order chi connectivity index (χ0) is 27.7. The highest BCUT2D eigenvalue weighted by Crippen LogP contribution is 2.41. The number of carboxylic acids is 1. The van der Waals surface area contributed by atoms with Gasteiger partial charge in [-0.15, -0.1) is 11.3 Å². The Kier molecular flexibility index (Phi) is 7.66. The molecule has 204 valence electrons. The third kappa shape index (κ3) is 5.66. The van der Waals surface area contributed by atoms with Crippen LogP contribution in [0, 0.1) is 24.0 Å². The van der Waals surface area contributed by atoms with Crippen molar-refractivity contribution >= 4 is 40.5 Å². The molecule has 1 aliphatic rings. The standard InChI is InChI=1S/C27H27ClF2N6O2S/c1-15-10-22(35-34-15)33-21-11-18(25-31-7-9-39-25)24(30)20(32-21)13-27(26(37)38)6-8-36(16(2)12-27)14-17-4-3-5-19(28)23(17)29/h3-5,7,9-11,16H,6,8,12-14H2,1-2H3,(H,37,38)(H2,32,33,34,35)/t16-,27-/m1/s1. The van der Waals surface area contributed by atoms with E-state index < -0.39 is 23.0 Å². The molecule has 3 aromatic heterocycles. The molecule has 1 aliphatic heterocycles. The van der Waals surface area contributed by atoms with Gasteiger partial charge >= 0.3 is 5.97 Å². The molecule has 2 atom stereocenters. The Bertz CT molecular complexity index is 1500. The van der Waals surface area contributed by atoms with Gasteiger partial charge < -0.3 is 10.4 Å². The van der Waals surface area contributed by atoms with E-state index in [1.807, 2.05) is 18.7 Å². The molecule has 0 aliphatic carbocycles. The van der Waals surface area contributed by atoms with Crippen molar-refractivity contribution in [2.75, 3.05) is 11.9 Å². The predicted octanol–water partition coefficient (Wildman–Crippen LogP) is 6.21. The number of aromatic nitrogens is 4. The average Bonchev–Trinajstić information content (AvgIpc) is 3.57. The summed E-state index contributed by atoms with van der Waals surface area (Å²) < 4.78 is 30.4. The van der Waals surface area contributed by atoms with Gasteiger partial charge in [-0.1, -0.05) is 23.7 Å². The van der Waals surface area contributed by atoms with Crippen LogP contribution < -0.4 is 5.32 Å². The zero-order valence-electron chi connectivity index (χ0n) is 21.3. The van der Waals surface area contributed by atoms with E-state index >= 15 is 4.39 Å². The summed E-state index contributed by atoms with van der Waals surface area (Å²) in [7, 11) is 0. The topological polar surface area (TPSA) is 107 Å². The maximum Gasteiger partial charge on any atom is 0.310 e. The molecular weight excluding hydrogens is 546 g/mol. The Labute approximate surface area is 233 Å². The second kappa shape index (κ2) is 11.0. The van der Waals surface area contributed by atoms with E-state index in [9.17, 15) is 14.3 Å². The van der Waals surface area contributed by atoms with Crippen LogP contribution in [0.2, 0.25) is 5.02 Å². The Balaban J connectivity index is 1.44. The molecule has 0 unspecified atom stereocenters. The fourth-order valence-electron chi connectivity index (χ4n) is 5.14.